The topological polar surface area (TPSA) is 75.6 Å². The predicted molar refractivity (Wildman–Crippen MR) is 66.1 cm³/mol. The highest BCUT2D eigenvalue weighted by molar-refractivity contribution is 8.00. The fourth-order valence-electron chi connectivity index (χ4n) is 1.64. The molecule has 1 heterocycles. The van der Waals surface area contributed by atoms with Crippen molar-refractivity contribution in [2.45, 2.75) is 19.8 Å². The summed E-state index contributed by atoms with van der Waals surface area (Å²) < 4.78 is 5.28. The Morgan fingerprint density at radius 2 is 2.00 bits per heavy atom. The summed E-state index contributed by atoms with van der Waals surface area (Å²) in [5, 5.41) is 11.3. The molecule has 0 aromatic heterocycles. The largest absolute Gasteiger partial charge is 0.481 e. The normalized spacial score (nSPS) is 18.6. The first-order valence-corrected chi connectivity index (χ1v) is 6.81. The summed E-state index contributed by atoms with van der Waals surface area (Å²) >= 11 is 1.12. The number of thioether (sulfide) groups is 1. The highest BCUT2D eigenvalue weighted by atomic mass is 32.2. The van der Waals surface area contributed by atoms with Gasteiger partial charge in [-0.1, -0.05) is 6.92 Å². The van der Waals surface area contributed by atoms with Crippen LogP contribution in [-0.4, -0.2) is 48.2 Å². The van der Waals surface area contributed by atoms with Gasteiger partial charge in [0.05, 0.1) is 11.5 Å². The smallest absolute Gasteiger partial charge is 0.313 e. The van der Waals surface area contributed by atoms with Crippen LogP contribution in [0.2, 0.25) is 0 Å². The summed E-state index contributed by atoms with van der Waals surface area (Å²) in [7, 11) is 0. The van der Waals surface area contributed by atoms with E-state index in [1.54, 1.807) is 0 Å². The second-order valence-corrected chi connectivity index (χ2v) is 5.57. The zero-order chi connectivity index (χ0) is 12.7. The third-order valence-corrected chi connectivity index (χ3v) is 3.79. The SMILES string of the molecule is CC1(CNC(=O)CSCC(=O)O)CCOCC1. The third kappa shape index (κ3) is 5.93. The highest BCUT2D eigenvalue weighted by Gasteiger charge is 2.27. The van der Waals surface area contributed by atoms with Crippen molar-refractivity contribution in [1.29, 1.82) is 0 Å². The molecule has 0 unspecified atom stereocenters. The van der Waals surface area contributed by atoms with Crippen LogP contribution in [0.3, 0.4) is 0 Å². The van der Waals surface area contributed by atoms with Gasteiger partial charge in [0.1, 0.15) is 0 Å². The van der Waals surface area contributed by atoms with Crippen LogP contribution >= 0.6 is 11.8 Å². The van der Waals surface area contributed by atoms with Crippen molar-refractivity contribution in [2.24, 2.45) is 5.41 Å². The number of carboxylic acid groups (broad SMARTS) is 1. The van der Waals surface area contributed by atoms with Crippen molar-refractivity contribution in [3.63, 3.8) is 0 Å². The lowest BCUT2D eigenvalue weighted by molar-refractivity contribution is -0.133. The van der Waals surface area contributed by atoms with Gasteiger partial charge in [0.15, 0.2) is 0 Å². The number of carbonyl (C=O) groups excluding carboxylic acids is 1. The molecule has 6 heteroatoms. The molecule has 1 saturated heterocycles. The third-order valence-electron chi connectivity index (χ3n) is 2.87. The monoisotopic (exact) mass is 261 g/mol. The molecule has 0 aromatic carbocycles. The maximum absolute atomic E-state index is 11.5. The number of hydrogen-bond acceptors (Lipinski definition) is 4. The second kappa shape index (κ2) is 6.86. The zero-order valence-corrected chi connectivity index (χ0v) is 10.8. The summed E-state index contributed by atoms with van der Waals surface area (Å²) in [6, 6.07) is 0. The highest BCUT2D eigenvalue weighted by Crippen LogP contribution is 2.28. The van der Waals surface area contributed by atoms with Crippen molar-refractivity contribution >= 4 is 23.6 Å². The average molecular weight is 261 g/mol. The van der Waals surface area contributed by atoms with E-state index in [0.717, 1.165) is 37.8 Å². The van der Waals surface area contributed by atoms with Gasteiger partial charge in [-0.3, -0.25) is 9.59 Å². The molecule has 17 heavy (non-hydrogen) atoms. The van der Waals surface area contributed by atoms with E-state index in [1.165, 1.54) is 0 Å². The van der Waals surface area contributed by atoms with E-state index < -0.39 is 5.97 Å². The predicted octanol–water partition coefficient (Wildman–Crippen LogP) is 0.737. The number of ether oxygens (including phenoxy) is 1. The summed E-state index contributed by atoms with van der Waals surface area (Å²) in [5.74, 6) is -0.805. The summed E-state index contributed by atoms with van der Waals surface area (Å²) in [6.07, 6.45) is 1.91. The van der Waals surface area contributed by atoms with Crippen molar-refractivity contribution in [2.75, 3.05) is 31.3 Å². The minimum Gasteiger partial charge on any atom is -0.481 e. The maximum atomic E-state index is 11.5. The van der Waals surface area contributed by atoms with E-state index in [4.69, 9.17) is 9.84 Å². The lowest BCUT2D eigenvalue weighted by atomic mass is 9.82. The molecule has 1 aliphatic heterocycles. The number of carbonyl (C=O) groups is 2. The van der Waals surface area contributed by atoms with Crippen LogP contribution < -0.4 is 5.32 Å². The van der Waals surface area contributed by atoms with Gasteiger partial charge in [-0.2, -0.15) is 0 Å². The molecule has 0 radical (unpaired) electrons. The van der Waals surface area contributed by atoms with Gasteiger partial charge < -0.3 is 15.2 Å². The van der Waals surface area contributed by atoms with Crippen LogP contribution in [0.5, 0.6) is 0 Å². The molecule has 5 nitrogen and oxygen atoms in total. The van der Waals surface area contributed by atoms with Crippen molar-refractivity contribution in [1.82, 2.24) is 5.32 Å². The number of carboxylic acids is 1. The Morgan fingerprint density at radius 1 is 1.35 bits per heavy atom. The van der Waals surface area contributed by atoms with Gasteiger partial charge in [0.2, 0.25) is 5.91 Å². The van der Waals surface area contributed by atoms with E-state index in [2.05, 4.69) is 12.2 Å². The molecule has 1 aliphatic rings. The van der Waals surface area contributed by atoms with Crippen LogP contribution in [0.1, 0.15) is 19.8 Å². The van der Waals surface area contributed by atoms with Crippen LogP contribution in [-0.2, 0) is 14.3 Å². The molecular weight excluding hydrogens is 242 g/mol. The fraction of sp³-hybridized carbons (Fsp3) is 0.818. The molecule has 0 atom stereocenters. The Morgan fingerprint density at radius 3 is 2.59 bits per heavy atom. The molecule has 1 rings (SSSR count). The molecule has 0 bridgehead atoms. The van der Waals surface area contributed by atoms with Gasteiger partial charge in [-0.05, 0) is 18.3 Å². The molecular formula is C11H19NO4S. The lowest BCUT2D eigenvalue weighted by Gasteiger charge is -2.33. The summed E-state index contributed by atoms with van der Waals surface area (Å²) in [4.78, 5) is 21.7. The van der Waals surface area contributed by atoms with Gasteiger partial charge in [0, 0.05) is 19.8 Å². The van der Waals surface area contributed by atoms with E-state index in [-0.39, 0.29) is 22.8 Å². The fourth-order valence-corrected chi connectivity index (χ4v) is 2.20. The number of nitrogens with one attached hydrogen (secondary N) is 1. The molecule has 2 N–H and O–H groups in total. The minimum absolute atomic E-state index is 0.0292. The van der Waals surface area contributed by atoms with Gasteiger partial charge in [0.25, 0.3) is 0 Å². The number of amides is 1. The lowest BCUT2D eigenvalue weighted by Crippen LogP contribution is -2.40. The molecule has 1 fully saturated rings. The van der Waals surface area contributed by atoms with Crippen molar-refractivity contribution < 1.29 is 19.4 Å². The minimum atomic E-state index is -0.890. The van der Waals surface area contributed by atoms with Crippen molar-refractivity contribution in [3.8, 4) is 0 Å². The van der Waals surface area contributed by atoms with Gasteiger partial charge in [-0.25, -0.2) is 0 Å². The second-order valence-electron chi connectivity index (χ2n) is 4.59. The molecule has 0 spiro atoms. The number of hydrogen-bond donors (Lipinski definition) is 2. The number of aliphatic carboxylic acids is 1. The molecule has 0 saturated carbocycles. The van der Waals surface area contributed by atoms with E-state index in [9.17, 15) is 9.59 Å². The van der Waals surface area contributed by atoms with Crippen molar-refractivity contribution in [3.05, 3.63) is 0 Å². The standard InChI is InChI=1S/C11H19NO4S/c1-11(2-4-16-5-3-11)8-12-9(13)6-17-7-10(14)15/h2-8H2,1H3,(H,12,13)(H,14,15). The van der Waals surface area contributed by atoms with E-state index in [1.807, 2.05) is 0 Å². The average Bonchev–Trinajstić information content (AvgIpc) is 2.27. The molecule has 98 valence electrons. The Hall–Kier alpha value is -0.750. The number of rotatable bonds is 6. The van der Waals surface area contributed by atoms with Crippen LogP contribution in [0.4, 0.5) is 0 Å². The summed E-state index contributed by atoms with van der Waals surface area (Å²) in [5.41, 5.74) is 0.116. The van der Waals surface area contributed by atoms with Crippen LogP contribution in [0.25, 0.3) is 0 Å². The Kier molecular flexibility index (Phi) is 5.77. The van der Waals surface area contributed by atoms with Crippen LogP contribution in [0, 0.1) is 5.41 Å². The maximum Gasteiger partial charge on any atom is 0.313 e. The Labute approximate surface area is 105 Å². The quantitative estimate of drug-likeness (QED) is 0.737. The Balaban J connectivity index is 2.16. The zero-order valence-electron chi connectivity index (χ0n) is 10.0. The Bertz CT molecular complexity index is 277. The first-order valence-electron chi connectivity index (χ1n) is 5.66. The first kappa shape index (κ1) is 14.3. The molecule has 1 amide bonds. The summed E-state index contributed by atoms with van der Waals surface area (Å²) in [6.45, 7) is 4.28. The van der Waals surface area contributed by atoms with E-state index in [0.29, 0.717) is 6.54 Å². The molecule has 0 aromatic rings. The van der Waals surface area contributed by atoms with Gasteiger partial charge >= 0.3 is 5.97 Å². The van der Waals surface area contributed by atoms with E-state index >= 15 is 0 Å². The van der Waals surface area contributed by atoms with Crippen LogP contribution in [0.15, 0.2) is 0 Å². The molecule has 0 aliphatic carbocycles. The van der Waals surface area contributed by atoms with Gasteiger partial charge in [-0.15, -0.1) is 11.8 Å². The first-order chi connectivity index (χ1) is 8.02.